The van der Waals surface area contributed by atoms with Gasteiger partial charge in [0.05, 0.1) is 25.5 Å². The van der Waals surface area contributed by atoms with Gasteiger partial charge < -0.3 is 25.4 Å². The highest BCUT2D eigenvalue weighted by Crippen LogP contribution is 2.43. The third-order valence-electron chi connectivity index (χ3n) is 6.71. The maximum atomic E-state index is 6.28. The third-order valence-corrected chi connectivity index (χ3v) is 6.71. The van der Waals surface area contributed by atoms with Crippen LogP contribution in [0.1, 0.15) is 24.1 Å². The van der Waals surface area contributed by atoms with Gasteiger partial charge in [0.1, 0.15) is 5.60 Å². The molecule has 4 aliphatic rings. The second-order valence-electron chi connectivity index (χ2n) is 8.18. The van der Waals surface area contributed by atoms with Gasteiger partial charge in [-0.2, -0.15) is 0 Å². The van der Waals surface area contributed by atoms with Crippen molar-refractivity contribution >= 4 is 5.95 Å². The number of nitrogens with two attached hydrogens (primary N) is 1. The molecule has 5 heterocycles. The number of hydrogen-bond acceptors (Lipinski definition) is 7. The molecule has 0 bridgehead atoms. The molecule has 4 aliphatic heterocycles. The van der Waals surface area contributed by atoms with E-state index in [9.17, 15) is 0 Å². The molecule has 0 saturated carbocycles. The van der Waals surface area contributed by atoms with E-state index < -0.39 is 0 Å². The number of aromatic nitrogens is 2. The van der Waals surface area contributed by atoms with Gasteiger partial charge in [-0.25, -0.2) is 9.97 Å². The van der Waals surface area contributed by atoms with Gasteiger partial charge >= 0.3 is 0 Å². The molecule has 1 aromatic heterocycles. The fourth-order valence-electron chi connectivity index (χ4n) is 5.22. The lowest BCUT2D eigenvalue weighted by atomic mass is 9.78. The lowest BCUT2D eigenvalue weighted by molar-refractivity contribution is -0.105. The van der Waals surface area contributed by atoms with E-state index in [0.717, 1.165) is 77.5 Å². The third kappa shape index (κ3) is 2.56. The molecule has 1 aromatic rings. The van der Waals surface area contributed by atoms with E-state index in [2.05, 4.69) is 20.2 Å². The van der Waals surface area contributed by atoms with Crippen molar-refractivity contribution in [3.8, 4) is 0 Å². The summed E-state index contributed by atoms with van der Waals surface area (Å²) in [5.74, 6) is 1.02. The Labute approximate surface area is 148 Å². The molecule has 0 unspecified atom stereocenters. The molecule has 0 aliphatic carbocycles. The SMILES string of the molecule is Nc1ncc2c(n1)C1(CCN(C[C@]34CNC[C@H]3COC4)CC1)OCC2. The monoisotopic (exact) mass is 345 g/mol. The van der Waals surface area contributed by atoms with E-state index in [1.54, 1.807) is 0 Å². The highest BCUT2D eigenvalue weighted by molar-refractivity contribution is 5.32. The number of nitrogen functional groups attached to an aromatic ring is 1. The molecule has 1 spiro atoms. The Hall–Kier alpha value is -1.28. The van der Waals surface area contributed by atoms with Crippen molar-refractivity contribution < 1.29 is 9.47 Å². The summed E-state index contributed by atoms with van der Waals surface area (Å²) in [7, 11) is 0. The number of nitrogens with one attached hydrogen (secondary N) is 1. The molecule has 7 heteroatoms. The van der Waals surface area contributed by atoms with Gasteiger partial charge in [-0.05, 0) is 24.8 Å². The number of piperidine rings is 1. The van der Waals surface area contributed by atoms with Crippen molar-refractivity contribution in [1.29, 1.82) is 0 Å². The molecule has 7 nitrogen and oxygen atoms in total. The minimum Gasteiger partial charge on any atom is -0.380 e. The standard InChI is InChI=1S/C18H27N5O2/c19-16-21-7-13-1-6-25-18(15(13)22-16)2-4-23(5-3-18)11-17-10-20-8-14(17)9-24-12-17/h7,14,20H,1-6,8-12H2,(H2,19,21,22)/t14-,17-/m0/s1. The summed E-state index contributed by atoms with van der Waals surface area (Å²) in [5.41, 5.74) is 8.14. The van der Waals surface area contributed by atoms with Crippen LogP contribution in [0, 0.1) is 11.3 Å². The van der Waals surface area contributed by atoms with Crippen LogP contribution in [0.15, 0.2) is 6.20 Å². The number of nitrogens with zero attached hydrogens (tertiary/aromatic N) is 3. The predicted molar refractivity (Wildman–Crippen MR) is 93.1 cm³/mol. The maximum Gasteiger partial charge on any atom is 0.220 e. The fourth-order valence-corrected chi connectivity index (χ4v) is 5.22. The molecule has 0 radical (unpaired) electrons. The molecular formula is C18H27N5O2. The van der Waals surface area contributed by atoms with Gasteiger partial charge in [0.15, 0.2) is 0 Å². The lowest BCUT2D eigenvalue weighted by Gasteiger charge is -2.45. The van der Waals surface area contributed by atoms with Crippen LogP contribution in [-0.4, -0.2) is 67.4 Å². The Bertz CT molecular complexity index is 649. The molecule has 3 fully saturated rings. The second kappa shape index (κ2) is 5.87. The zero-order valence-corrected chi connectivity index (χ0v) is 14.7. The Morgan fingerprint density at radius 2 is 2.24 bits per heavy atom. The van der Waals surface area contributed by atoms with Crippen LogP contribution in [0.3, 0.4) is 0 Å². The molecule has 136 valence electrons. The average Bonchev–Trinajstić information content (AvgIpc) is 3.17. The van der Waals surface area contributed by atoms with Crippen molar-refractivity contribution in [1.82, 2.24) is 20.2 Å². The first-order valence-electron chi connectivity index (χ1n) is 9.46. The Kier molecular flexibility index (Phi) is 3.74. The first-order chi connectivity index (χ1) is 12.2. The number of likely N-dealkylation sites (tertiary alicyclic amines) is 1. The van der Waals surface area contributed by atoms with Crippen molar-refractivity contribution in [2.75, 3.05) is 58.3 Å². The number of hydrogen-bond donors (Lipinski definition) is 2. The van der Waals surface area contributed by atoms with Crippen LogP contribution >= 0.6 is 0 Å². The minimum atomic E-state index is -0.266. The van der Waals surface area contributed by atoms with E-state index >= 15 is 0 Å². The van der Waals surface area contributed by atoms with Gasteiger partial charge in [-0.1, -0.05) is 0 Å². The average molecular weight is 345 g/mol. The molecule has 3 saturated heterocycles. The van der Waals surface area contributed by atoms with Crippen molar-refractivity contribution in [2.45, 2.75) is 24.9 Å². The van der Waals surface area contributed by atoms with Crippen LogP contribution < -0.4 is 11.1 Å². The second-order valence-corrected chi connectivity index (χ2v) is 8.18. The molecule has 3 N–H and O–H groups in total. The van der Waals surface area contributed by atoms with Gasteiger partial charge in [0.25, 0.3) is 0 Å². The quantitative estimate of drug-likeness (QED) is 0.790. The largest absolute Gasteiger partial charge is 0.380 e. The first kappa shape index (κ1) is 15.9. The summed E-state index contributed by atoms with van der Waals surface area (Å²) < 4.78 is 12.1. The van der Waals surface area contributed by atoms with Crippen LogP contribution in [0.5, 0.6) is 0 Å². The van der Waals surface area contributed by atoms with E-state index in [-0.39, 0.29) is 5.60 Å². The smallest absolute Gasteiger partial charge is 0.220 e. The predicted octanol–water partition coefficient (Wildman–Crippen LogP) is 0.159. The fraction of sp³-hybridized carbons (Fsp3) is 0.778. The number of anilines is 1. The Morgan fingerprint density at radius 1 is 1.36 bits per heavy atom. The Morgan fingerprint density at radius 3 is 3.12 bits per heavy atom. The van der Waals surface area contributed by atoms with Crippen molar-refractivity contribution in [3.63, 3.8) is 0 Å². The minimum absolute atomic E-state index is 0.266. The highest BCUT2D eigenvalue weighted by Gasteiger charge is 2.50. The van der Waals surface area contributed by atoms with Crippen LogP contribution in [0.2, 0.25) is 0 Å². The molecular weight excluding hydrogens is 318 g/mol. The van der Waals surface area contributed by atoms with Gasteiger partial charge in [-0.3, -0.25) is 0 Å². The zero-order valence-electron chi connectivity index (χ0n) is 14.7. The normalized spacial score (nSPS) is 34.2. The number of fused-ring (bicyclic) bond motifs is 3. The summed E-state index contributed by atoms with van der Waals surface area (Å²) in [4.78, 5) is 11.3. The molecule has 0 aromatic carbocycles. The summed E-state index contributed by atoms with van der Waals surface area (Å²) in [6.07, 6.45) is 4.73. The summed E-state index contributed by atoms with van der Waals surface area (Å²) >= 11 is 0. The van der Waals surface area contributed by atoms with E-state index in [4.69, 9.17) is 15.2 Å². The van der Waals surface area contributed by atoms with Gasteiger partial charge in [0.2, 0.25) is 5.95 Å². The zero-order chi connectivity index (χ0) is 16.9. The number of ether oxygens (including phenoxy) is 2. The maximum absolute atomic E-state index is 6.28. The molecule has 0 amide bonds. The topological polar surface area (TPSA) is 85.5 Å². The van der Waals surface area contributed by atoms with E-state index in [1.165, 1.54) is 5.56 Å². The van der Waals surface area contributed by atoms with Crippen molar-refractivity contribution in [2.24, 2.45) is 11.3 Å². The molecule has 2 atom stereocenters. The van der Waals surface area contributed by atoms with Crippen molar-refractivity contribution in [3.05, 3.63) is 17.5 Å². The van der Waals surface area contributed by atoms with Crippen LogP contribution in [0.25, 0.3) is 0 Å². The van der Waals surface area contributed by atoms with E-state index in [1.807, 2.05) is 6.20 Å². The first-order valence-corrected chi connectivity index (χ1v) is 9.46. The van der Waals surface area contributed by atoms with Gasteiger partial charge in [0, 0.05) is 50.3 Å². The van der Waals surface area contributed by atoms with Gasteiger partial charge in [-0.15, -0.1) is 0 Å². The lowest BCUT2D eigenvalue weighted by Crippen LogP contribution is -2.51. The van der Waals surface area contributed by atoms with Crippen LogP contribution in [-0.2, 0) is 21.5 Å². The Balaban J connectivity index is 1.32. The van der Waals surface area contributed by atoms with Crippen LogP contribution in [0.4, 0.5) is 5.95 Å². The highest BCUT2D eigenvalue weighted by atomic mass is 16.5. The summed E-state index contributed by atoms with van der Waals surface area (Å²) in [5, 5.41) is 3.57. The molecule has 5 rings (SSSR count). The molecule has 25 heavy (non-hydrogen) atoms. The number of rotatable bonds is 2. The summed E-state index contributed by atoms with van der Waals surface area (Å²) in [6, 6.07) is 0. The van der Waals surface area contributed by atoms with E-state index in [0.29, 0.717) is 17.3 Å². The summed E-state index contributed by atoms with van der Waals surface area (Å²) in [6.45, 7) is 7.96.